The highest BCUT2D eigenvalue weighted by Crippen LogP contribution is 2.25. The maximum Gasteiger partial charge on any atom is 0.408 e. The first-order valence-electron chi connectivity index (χ1n) is 9.78. The van der Waals surface area contributed by atoms with Crippen LogP contribution >= 0.6 is 27.5 Å². The summed E-state index contributed by atoms with van der Waals surface area (Å²) in [6, 6.07) is 18.8. The summed E-state index contributed by atoms with van der Waals surface area (Å²) in [5, 5.41) is 16.7. The standard InChI is InChI=1S/C23H19BrClN3O5/c24-19-13-17(8-11-20(19)25)26-22(29)21(12-15-6-9-18(10-7-15)28(31)32)27-23(30)33-14-16-4-2-1-3-5-16/h1-11,13,21H,12,14H2,(H,26,29)(H,27,30)/t21-/m0/s1. The lowest BCUT2D eigenvalue weighted by Gasteiger charge is -2.19. The number of carbonyl (C=O) groups is 2. The summed E-state index contributed by atoms with van der Waals surface area (Å²) in [6.45, 7) is 0.0443. The van der Waals surface area contributed by atoms with Crippen LogP contribution in [0, 0.1) is 10.1 Å². The van der Waals surface area contributed by atoms with Crippen LogP contribution in [0.25, 0.3) is 0 Å². The van der Waals surface area contributed by atoms with Gasteiger partial charge in [-0.3, -0.25) is 14.9 Å². The van der Waals surface area contributed by atoms with Crippen molar-refractivity contribution in [3.8, 4) is 0 Å². The molecular weight excluding hydrogens is 514 g/mol. The van der Waals surface area contributed by atoms with Crippen molar-refractivity contribution in [3.05, 3.63) is 104 Å². The SMILES string of the molecule is O=C(N[C@@H](Cc1ccc([N+](=O)[O-])cc1)C(=O)Nc1ccc(Cl)c(Br)c1)OCc1ccccc1. The number of anilines is 1. The van der Waals surface area contributed by atoms with Gasteiger partial charge in [0.1, 0.15) is 12.6 Å². The second-order valence-electron chi connectivity index (χ2n) is 7.00. The topological polar surface area (TPSA) is 111 Å². The molecule has 0 saturated heterocycles. The van der Waals surface area contributed by atoms with Gasteiger partial charge in [-0.2, -0.15) is 0 Å². The van der Waals surface area contributed by atoms with Crippen molar-refractivity contribution in [1.29, 1.82) is 0 Å². The number of benzene rings is 3. The van der Waals surface area contributed by atoms with Crippen LogP contribution in [-0.2, 0) is 22.6 Å². The van der Waals surface area contributed by atoms with Crippen LogP contribution in [0.15, 0.2) is 77.3 Å². The van der Waals surface area contributed by atoms with E-state index in [-0.39, 0.29) is 18.7 Å². The fraction of sp³-hybridized carbons (Fsp3) is 0.130. The van der Waals surface area contributed by atoms with Crippen LogP contribution in [0.1, 0.15) is 11.1 Å². The molecule has 3 rings (SSSR count). The lowest BCUT2D eigenvalue weighted by Crippen LogP contribution is -2.45. The van der Waals surface area contributed by atoms with Crippen molar-refractivity contribution in [2.24, 2.45) is 0 Å². The van der Waals surface area contributed by atoms with Crippen molar-refractivity contribution < 1.29 is 19.2 Å². The predicted octanol–water partition coefficient (Wildman–Crippen LogP) is 5.49. The molecule has 0 aliphatic rings. The zero-order chi connectivity index (χ0) is 23.8. The number of nitro benzene ring substituents is 1. The largest absolute Gasteiger partial charge is 0.445 e. The van der Waals surface area contributed by atoms with Gasteiger partial charge in [-0.1, -0.05) is 54.1 Å². The van der Waals surface area contributed by atoms with E-state index in [4.69, 9.17) is 16.3 Å². The zero-order valence-electron chi connectivity index (χ0n) is 17.2. The minimum absolute atomic E-state index is 0.0443. The monoisotopic (exact) mass is 531 g/mol. The molecule has 170 valence electrons. The Morgan fingerprint density at radius 3 is 2.36 bits per heavy atom. The Morgan fingerprint density at radius 1 is 1.03 bits per heavy atom. The number of rotatable bonds is 8. The molecule has 0 heterocycles. The summed E-state index contributed by atoms with van der Waals surface area (Å²) in [4.78, 5) is 35.7. The Balaban J connectivity index is 1.72. The average Bonchev–Trinajstić information content (AvgIpc) is 2.80. The molecule has 2 N–H and O–H groups in total. The third-order valence-corrected chi connectivity index (χ3v) is 5.81. The summed E-state index contributed by atoms with van der Waals surface area (Å²) in [6.07, 6.45) is -0.669. The Bertz CT molecular complexity index is 1140. The maximum atomic E-state index is 13.0. The van der Waals surface area contributed by atoms with Crippen molar-refractivity contribution >= 4 is 50.9 Å². The molecule has 0 radical (unpaired) electrons. The third kappa shape index (κ3) is 7.30. The number of carbonyl (C=O) groups excluding carboxylic acids is 2. The first kappa shape index (κ1) is 24.2. The molecule has 0 aliphatic carbocycles. The second kappa shape index (κ2) is 11.4. The molecule has 33 heavy (non-hydrogen) atoms. The van der Waals surface area contributed by atoms with Crippen LogP contribution in [0.5, 0.6) is 0 Å². The average molecular weight is 533 g/mol. The molecule has 0 spiro atoms. The lowest BCUT2D eigenvalue weighted by molar-refractivity contribution is -0.384. The number of alkyl carbamates (subject to hydrolysis) is 1. The number of amides is 2. The molecule has 0 aliphatic heterocycles. The number of nitrogens with one attached hydrogen (secondary N) is 2. The van der Waals surface area contributed by atoms with Gasteiger partial charge in [0.15, 0.2) is 0 Å². The minimum Gasteiger partial charge on any atom is -0.445 e. The van der Waals surface area contributed by atoms with Gasteiger partial charge in [-0.05, 0) is 45.3 Å². The third-order valence-electron chi connectivity index (χ3n) is 4.60. The lowest BCUT2D eigenvalue weighted by atomic mass is 10.0. The van der Waals surface area contributed by atoms with E-state index < -0.39 is 23.0 Å². The van der Waals surface area contributed by atoms with E-state index in [2.05, 4.69) is 26.6 Å². The Morgan fingerprint density at radius 2 is 1.73 bits per heavy atom. The quantitative estimate of drug-likeness (QED) is 0.294. The number of nitro groups is 1. The van der Waals surface area contributed by atoms with Crippen molar-refractivity contribution in [1.82, 2.24) is 5.32 Å². The Kier molecular flexibility index (Phi) is 8.39. The van der Waals surface area contributed by atoms with Crippen molar-refractivity contribution in [3.63, 3.8) is 0 Å². The number of hydrogen-bond donors (Lipinski definition) is 2. The number of hydrogen-bond acceptors (Lipinski definition) is 5. The van der Waals surface area contributed by atoms with Crippen LogP contribution < -0.4 is 10.6 Å². The van der Waals surface area contributed by atoms with Crippen LogP contribution in [0.4, 0.5) is 16.2 Å². The highest BCUT2D eigenvalue weighted by atomic mass is 79.9. The molecule has 2 amide bonds. The number of halogens is 2. The van der Waals surface area contributed by atoms with Gasteiger partial charge in [-0.25, -0.2) is 4.79 Å². The van der Waals surface area contributed by atoms with E-state index in [1.165, 1.54) is 24.3 Å². The molecular formula is C23H19BrClN3O5. The molecule has 0 unspecified atom stereocenters. The van der Waals surface area contributed by atoms with Gasteiger partial charge in [0.05, 0.1) is 9.95 Å². The Labute approximate surface area is 203 Å². The summed E-state index contributed by atoms with van der Waals surface area (Å²) >= 11 is 9.30. The maximum absolute atomic E-state index is 13.0. The fourth-order valence-corrected chi connectivity index (χ4v) is 3.41. The number of nitrogens with zero attached hydrogens (tertiary/aromatic N) is 1. The van der Waals surface area contributed by atoms with Gasteiger partial charge < -0.3 is 15.4 Å². The second-order valence-corrected chi connectivity index (χ2v) is 8.27. The normalized spacial score (nSPS) is 11.3. The van der Waals surface area contributed by atoms with Crippen molar-refractivity contribution in [2.45, 2.75) is 19.1 Å². The molecule has 0 saturated carbocycles. The minimum atomic E-state index is -0.996. The van der Waals surface area contributed by atoms with Gasteiger partial charge >= 0.3 is 6.09 Å². The number of non-ortho nitro benzene ring substituents is 1. The van der Waals surface area contributed by atoms with Gasteiger partial charge in [0, 0.05) is 28.7 Å². The molecule has 0 bridgehead atoms. The zero-order valence-corrected chi connectivity index (χ0v) is 19.5. The number of ether oxygens (including phenoxy) is 1. The van der Waals surface area contributed by atoms with Gasteiger partial charge in [-0.15, -0.1) is 0 Å². The van der Waals surface area contributed by atoms with E-state index >= 15 is 0 Å². The summed E-state index contributed by atoms with van der Waals surface area (Å²) < 4.78 is 5.84. The van der Waals surface area contributed by atoms with Crippen LogP contribution in [0.2, 0.25) is 5.02 Å². The molecule has 10 heteroatoms. The van der Waals surface area contributed by atoms with Crippen molar-refractivity contribution in [2.75, 3.05) is 5.32 Å². The summed E-state index contributed by atoms with van der Waals surface area (Å²) in [7, 11) is 0. The Hall–Kier alpha value is -3.43. The van der Waals surface area contributed by atoms with Crippen LogP contribution in [0.3, 0.4) is 0 Å². The van der Waals surface area contributed by atoms with E-state index in [1.807, 2.05) is 30.3 Å². The molecule has 0 fully saturated rings. The first-order chi connectivity index (χ1) is 15.8. The van der Waals surface area contributed by atoms with E-state index in [1.54, 1.807) is 18.2 Å². The molecule has 3 aromatic rings. The fourth-order valence-electron chi connectivity index (χ4n) is 2.91. The van der Waals surface area contributed by atoms with E-state index in [0.717, 1.165) is 5.56 Å². The highest BCUT2D eigenvalue weighted by molar-refractivity contribution is 9.10. The van der Waals surface area contributed by atoms with E-state index in [0.29, 0.717) is 20.7 Å². The molecule has 1 atom stereocenters. The predicted molar refractivity (Wildman–Crippen MR) is 128 cm³/mol. The van der Waals surface area contributed by atoms with Gasteiger partial charge in [0.25, 0.3) is 5.69 Å². The first-order valence-corrected chi connectivity index (χ1v) is 11.0. The van der Waals surface area contributed by atoms with Gasteiger partial charge in [0.2, 0.25) is 5.91 Å². The molecule has 0 aromatic heterocycles. The molecule has 8 nitrogen and oxygen atoms in total. The highest BCUT2D eigenvalue weighted by Gasteiger charge is 2.23. The van der Waals surface area contributed by atoms with Crippen LogP contribution in [-0.4, -0.2) is 23.0 Å². The summed E-state index contributed by atoms with van der Waals surface area (Å²) in [5.74, 6) is -0.487. The smallest absolute Gasteiger partial charge is 0.408 e. The molecule has 3 aromatic carbocycles. The van der Waals surface area contributed by atoms with E-state index in [9.17, 15) is 19.7 Å². The summed E-state index contributed by atoms with van der Waals surface area (Å²) in [5.41, 5.74) is 1.84.